The number of nitrogens with zero attached hydrogens (tertiary/aromatic N) is 2. The normalized spacial score (nSPS) is 21.9. The van der Waals surface area contributed by atoms with Crippen molar-refractivity contribution in [2.45, 2.75) is 24.9 Å². The molecule has 0 aliphatic carbocycles. The highest BCUT2D eigenvalue weighted by Crippen LogP contribution is 2.32. The molecule has 0 aromatic heterocycles. The van der Waals surface area contributed by atoms with Crippen LogP contribution < -0.4 is 10.6 Å². The van der Waals surface area contributed by atoms with Crippen molar-refractivity contribution in [2.24, 2.45) is 5.73 Å². The molecule has 5 heteroatoms. The fourth-order valence-corrected chi connectivity index (χ4v) is 2.86. The Hall–Kier alpha value is -1.59. The molecular formula is C16H25N3O2. The van der Waals surface area contributed by atoms with Crippen LogP contribution in [0.15, 0.2) is 24.3 Å². The van der Waals surface area contributed by atoms with Crippen molar-refractivity contribution in [2.75, 3.05) is 39.3 Å². The fourth-order valence-electron chi connectivity index (χ4n) is 2.86. The fraction of sp³-hybridized carbons (Fsp3) is 0.562. The molecule has 1 heterocycles. The second-order valence-electron chi connectivity index (χ2n) is 5.73. The number of carbonyl (C=O) groups is 1. The van der Waals surface area contributed by atoms with Gasteiger partial charge < -0.3 is 20.3 Å². The molecule has 0 saturated carbocycles. The number of amides is 1. The van der Waals surface area contributed by atoms with Crippen LogP contribution in [0.1, 0.15) is 24.4 Å². The van der Waals surface area contributed by atoms with E-state index in [1.54, 1.807) is 7.11 Å². The van der Waals surface area contributed by atoms with Crippen LogP contribution in [0.25, 0.3) is 0 Å². The predicted octanol–water partition coefficient (Wildman–Crippen LogP) is 1.39. The zero-order valence-corrected chi connectivity index (χ0v) is 13.1. The molecule has 1 aliphatic rings. The summed E-state index contributed by atoms with van der Waals surface area (Å²) in [7, 11) is 5.70. The van der Waals surface area contributed by atoms with E-state index in [1.165, 1.54) is 0 Å². The van der Waals surface area contributed by atoms with Gasteiger partial charge in [0, 0.05) is 52.5 Å². The number of carbonyl (C=O) groups excluding carboxylic acids is 1. The number of hydrogen-bond donors (Lipinski definition) is 1. The summed E-state index contributed by atoms with van der Waals surface area (Å²) in [4.78, 5) is 16.1. The first-order valence-electron chi connectivity index (χ1n) is 7.36. The van der Waals surface area contributed by atoms with E-state index in [9.17, 15) is 4.79 Å². The maximum atomic E-state index is 12.1. The Morgan fingerprint density at radius 2 is 2.00 bits per heavy atom. The van der Waals surface area contributed by atoms with Gasteiger partial charge in [0.05, 0.1) is 6.04 Å². The van der Waals surface area contributed by atoms with Crippen LogP contribution in [-0.2, 0) is 9.53 Å². The highest BCUT2D eigenvalue weighted by Gasteiger charge is 2.38. The molecule has 0 spiro atoms. The van der Waals surface area contributed by atoms with Crippen molar-refractivity contribution in [3.63, 3.8) is 0 Å². The summed E-state index contributed by atoms with van der Waals surface area (Å²) >= 11 is 0. The summed E-state index contributed by atoms with van der Waals surface area (Å²) in [6.45, 7) is 1.35. The van der Waals surface area contributed by atoms with Gasteiger partial charge in [0.25, 0.3) is 0 Å². The van der Waals surface area contributed by atoms with Gasteiger partial charge in [0.2, 0.25) is 5.91 Å². The quantitative estimate of drug-likeness (QED) is 0.805. The number of hydrogen-bond acceptors (Lipinski definition) is 4. The third-order valence-corrected chi connectivity index (χ3v) is 3.97. The third kappa shape index (κ3) is 3.54. The van der Waals surface area contributed by atoms with Crippen molar-refractivity contribution in [3.05, 3.63) is 29.8 Å². The zero-order valence-electron chi connectivity index (χ0n) is 13.1. The van der Waals surface area contributed by atoms with Crippen LogP contribution in [0.4, 0.5) is 5.69 Å². The Balaban J connectivity index is 2.15. The minimum atomic E-state index is -0.134. The molecule has 5 nitrogen and oxygen atoms in total. The largest absolute Gasteiger partial charge is 0.385 e. The summed E-state index contributed by atoms with van der Waals surface area (Å²) in [6.07, 6.45) is 1.26. The van der Waals surface area contributed by atoms with Gasteiger partial charge in [0.1, 0.15) is 0 Å². The second-order valence-corrected chi connectivity index (χ2v) is 5.73. The lowest BCUT2D eigenvalue weighted by molar-refractivity contribution is -0.129. The monoisotopic (exact) mass is 291 g/mol. The summed E-state index contributed by atoms with van der Waals surface area (Å²) < 4.78 is 5.07. The lowest BCUT2D eigenvalue weighted by atomic mass is 10.0. The minimum Gasteiger partial charge on any atom is -0.385 e. The topological polar surface area (TPSA) is 58.8 Å². The molecular weight excluding hydrogens is 266 g/mol. The van der Waals surface area contributed by atoms with Gasteiger partial charge >= 0.3 is 0 Å². The summed E-state index contributed by atoms with van der Waals surface area (Å²) in [6, 6.07) is 8.12. The molecule has 2 atom stereocenters. The van der Waals surface area contributed by atoms with Crippen LogP contribution in [0.2, 0.25) is 0 Å². The zero-order chi connectivity index (χ0) is 15.4. The van der Waals surface area contributed by atoms with Crippen molar-refractivity contribution in [3.8, 4) is 0 Å². The van der Waals surface area contributed by atoms with E-state index in [0.717, 1.165) is 17.7 Å². The number of likely N-dealkylation sites (tertiary alicyclic amines) is 1. The molecule has 21 heavy (non-hydrogen) atoms. The number of benzene rings is 1. The van der Waals surface area contributed by atoms with Gasteiger partial charge in [-0.2, -0.15) is 0 Å². The molecule has 1 saturated heterocycles. The SMILES string of the molecule is COCCCN1C(=O)CC(N)C1c1ccc(N(C)C)cc1. The molecule has 2 N–H and O–H groups in total. The summed E-state index contributed by atoms with van der Waals surface area (Å²) in [5, 5.41) is 0. The predicted molar refractivity (Wildman–Crippen MR) is 84.3 cm³/mol. The Morgan fingerprint density at radius 3 is 2.57 bits per heavy atom. The minimum absolute atomic E-state index is 0.0226. The van der Waals surface area contributed by atoms with Crippen LogP contribution in [-0.4, -0.2) is 51.2 Å². The molecule has 0 radical (unpaired) electrons. The van der Waals surface area contributed by atoms with Crippen molar-refractivity contribution in [1.82, 2.24) is 4.90 Å². The molecule has 2 unspecified atom stereocenters. The third-order valence-electron chi connectivity index (χ3n) is 3.97. The lowest BCUT2D eigenvalue weighted by Crippen LogP contribution is -2.34. The molecule has 0 bridgehead atoms. The molecule has 1 fully saturated rings. The number of rotatable bonds is 6. The average molecular weight is 291 g/mol. The number of methoxy groups -OCH3 is 1. The smallest absolute Gasteiger partial charge is 0.224 e. The van der Waals surface area contributed by atoms with Crippen LogP contribution in [0.3, 0.4) is 0 Å². The first-order chi connectivity index (χ1) is 10.0. The Bertz CT molecular complexity index is 473. The summed E-state index contributed by atoms with van der Waals surface area (Å²) in [5.41, 5.74) is 8.44. The van der Waals surface area contributed by atoms with Gasteiger partial charge in [-0.1, -0.05) is 12.1 Å². The highest BCUT2D eigenvalue weighted by atomic mass is 16.5. The van der Waals surface area contributed by atoms with E-state index in [0.29, 0.717) is 19.6 Å². The highest BCUT2D eigenvalue weighted by molar-refractivity contribution is 5.80. The number of nitrogens with two attached hydrogens (primary N) is 1. The van der Waals surface area contributed by atoms with Crippen LogP contribution in [0.5, 0.6) is 0 Å². The van der Waals surface area contributed by atoms with Crippen molar-refractivity contribution in [1.29, 1.82) is 0 Å². The van der Waals surface area contributed by atoms with Gasteiger partial charge in [-0.25, -0.2) is 0 Å². The Labute approximate surface area is 126 Å². The van der Waals surface area contributed by atoms with Gasteiger partial charge in [-0.15, -0.1) is 0 Å². The van der Waals surface area contributed by atoms with Gasteiger partial charge in [0.15, 0.2) is 0 Å². The second kappa shape index (κ2) is 6.91. The Kier molecular flexibility index (Phi) is 5.20. The average Bonchev–Trinajstić information content (AvgIpc) is 2.74. The number of anilines is 1. The first-order valence-corrected chi connectivity index (χ1v) is 7.36. The maximum absolute atomic E-state index is 12.1. The molecule has 116 valence electrons. The van der Waals surface area contributed by atoms with E-state index in [2.05, 4.69) is 29.2 Å². The maximum Gasteiger partial charge on any atom is 0.224 e. The van der Waals surface area contributed by atoms with E-state index in [-0.39, 0.29) is 18.0 Å². The van der Waals surface area contributed by atoms with E-state index in [1.807, 2.05) is 19.0 Å². The van der Waals surface area contributed by atoms with E-state index < -0.39 is 0 Å². The van der Waals surface area contributed by atoms with E-state index in [4.69, 9.17) is 10.5 Å². The summed E-state index contributed by atoms with van der Waals surface area (Å²) in [5.74, 6) is 0.139. The first kappa shape index (κ1) is 15.8. The van der Waals surface area contributed by atoms with Gasteiger partial charge in [-0.3, -0.25) is 4.79 Å². The molecule has 1 aromatic carbocycles. The molecule has 1 aliphatic heterocycles. The molecule has 1 aromatic rings. The molecule has 1 amide bonds. The Morgan fingerprint density at radius 1 is 1.33 bits per heavy atom. The van der Waals surface area contributed by atoms with Gasteiger partial charge in [-0.05, 0) is 24.1 Å². The van der Waals surface area contributed by atoms with E-state index >= 15 is 0 Å². The van der Waals surface area contributed by atoms with Crippen molar-refractivity contribution < 1.29 is 9.53 Å². The van der Waals surface area contributed by atoms with Crippen LogP contribution >= 0.6 is 0 Å². The number of ether oxygens (including phenoxy) is 1. The van der Waals surface area contributed by atoms with Crippen molar-refractivity contribution >= 4 is 11.6 Å². The lowest BCUT2D eigenvalue weighted by Gasteiger charge is -2.27. The molecule has 2 rings (SSSR count). The van der Waals surface area contributed by atoms with Crippen LogP contribution in [0, 0.1) is 0 Å². The standard InChI is InChI=1S/C16H25N3O2/c1-18(2)13-7-5-12(6-8-13)16-14(17)11-15(20)19(16)9-4-10-21-3/h5-8,14,16H,4,9-11,17H2,1-3H3.